The Hall–Kier alpha value is -7.01. The van der Waals surface area contributed by atoms with E-state index in [9.17, 15) is 5.26 Å². The number of benzene rings is 9. The number of hydrogen-bond acceptors (Lipinski definition) is 3. The van der Waals surface area contributed by atoms with E-state index in [0.29, 0.717) is 10.6 Å². The van der Waals surface area contributed by atoms with Gasteiger partial charge in [0.15, 0.2) is 0 Å². The fourth-order valence-electron chi connectivity index (χ4n) is 10.4. The monoisotopic (exact) mass is 1060 g/mol. The zero-order valence-corrected chi connectivity index (χ0v) is 46.5. The number of hydrogen-bond donors (Lipinski definition) is 0. The molecule has 74 heavy (non-hydrogen) atoms. The van der Waals surface area contributed by atoms with E-state index >= 15 is 0 Å². The third kappa shape index (κ3) is 9.00. The lowest BCUT2D eigenvalue weighted by Crippen LogP contribution is -2.13. The second-order valence-corrected chi connectivity index (χ2v) is 24.9. The summed E-state index contributed by atoms with van der Waals surface area (Å²) >= 11 is 13.2. The lowest BCUT2D eigenvalue weighted by molar-refractivity contribution is 0.590. The molecular weight excluding hydrogens is 1010 g/mol. The van der Waals surface area contributed by atoms with Crippen LogP contribution >= 0.6 is 39.3 Å². The number of para-hydroxylation sites is 1. The van der Waals surface area contributed by atoms with Crippen LogP contribution < -0.4 is 4.90 Å². The molecule has 0 radical (unpaired) electrons. The number of aromatic nitrogens is 2. The summed E-state index contributed by atoms with van der Waals surface area (Å²) in [5.41, 5.74) is 16.2. The maximum Gasteiger partial charge on any atom is 0.0991 e. The van der Waals surface area contributed by atoms with Crippen molar-refractivity contribution in [3.05, 3.63) is 220 Å². The molecule has 0 amide bonds. The average molecular weight is 1070 g/mol. The fraction of sp³-hybridized carbons (Fsp3) is 0.179. The highest BCUT2D eigenvalue weighted by Crippen LogP contribution is 2.49. The molecule has 4 nitrogen and oxygen atoms in total. The highest BCUT2D eigenvalue weighted by molar-refractivity contribution is 9.10. The molecule has 0 atom stereocenters. The molecule has 0 unspecified atom stereocenters. The Morgan fingerprint density at radius 1 is 0.486 bits per heavy atom. The van der Waals surface area contributed by atoms with Gasteiger partial charge in [0.2, 0.25) is 0 Å². The van der Waals surface area contributed by atoms with Crippen LogP contribution in [0, 0.1) is 11.3 Å². The molecule has 0 N–H and O–H groups in total. The van der Waals surface area contributed by atoms with E-state index in [1.54, 1.807) is 11.8 Å². The second-order valence-electron chi connectivity index (χ2n) is 22.5. The van der Waals surface area contributed by atoms with Gasteiger partial charge >= 0.3 is 0 Å². The van der Waals surface area contributed by atoms with Gasteiger partial charge in [0, 0.05) is 59.0 Å². The molecule has 0 spiro atoms. The van der Waals surface area contributed by atoms with Crippen LogP contribution in [0.3, 0.4) is 0 Å². The predicted molar refractivity (Wildman–Crippen MR) is 319 cm³/mol. The summed E-state index contributed by atoms with van der Waals surface area (Å²) in [7, 11) is 0. The van der Waals surface area contributed by atoms with E-state index in [4.69, 9.17) is 11.6 Å². The van der Waals surface area contributed by atoms with Crippen LogP contribution in [-0.2, 0) is 16.2 Å². The first-order chi connectivity index (χ1) is 35.3. The highest BCUT2D eigenvalue weighted by Gasteiger charge is 2.26. The molecule has 0 aliphatic heterocycles. The number of fused-ring (bicyclic) bond motifs is 6. The van der Waals surface area contributed by atoms with Crippen molar-refractivity contribution in [1.29, 1.82) is 5.26 Å². The Balaban J connectivity index is 1.07. The Morgan fingerprint density at radius 2 is 0.986 bits per heavy atom. The summed E-state index contributed by atoms with van der Waals surface area (Å²) in [6, 6.07) is 70.1. The quantitative estimate of drug-likeness (QED) is 0.152. The first-order valence-electron chi connectivity index (χ1n) is 25.3. The Kier molecular flexibility index (Phi) is 12.5. The number of nitrogens with zero attached hydrogens (tertiary/aromatic N) is 4. The van der Waals surface area contributed by atoms with Crippen molar-refractivity contribution in [2.75, 3.05) is 4.90 Å². The van der Waals surface area contributed by atoms with Crippen molar-refractivity contribution in [2.24, 2.45) is 0 Å². The summed E-state index contributed by atoms with van der Waals surface area (Å²) in [6.07, 6.45) is 0. The molecule has 0 saturated heterocycles. The highest BCUT2D eigenvalue weighted by atomic mass is 79.9. The van der Waals surface area contributed by atoms with Crippen molar-refractivity contribution < 1.29 is 0 Å². The third-order valence-corrected chi connectivity index (χ3v) is 16.7. The Labute approximate surface area is 453 Å². The first-order valence-corrected chi connectivity index (χ1v) is 27.2. The van der Waals surface area contributed by atoms with Gasteiger partial charge in [-0.25, -0.2) is 0 Å². The molecule has 0 aliphatic carbocycles. The topological polar surface area (TPSA) is 36.9 Å². The SMILES string of the molecule is CC(C)(C)c1ccc2c(c1)c1cc(C#N)ccc1n2-c1cccc(Sc2cc(Cl)cc(N(c3cccc(-n4c5ccc(C(C)(C)C)cc5c5cc(C(C)(C)C)ccc54)c3)c3ccccc3-c3ccccc3)c2Br)c1. The van der Waals surface area contributed by atoms with Gasteiger partial charge in [-0.1, -0.05) is 165 Å². The van der Waals surface area contributed by atoms with Gasteiger partial charge in [0.05, 0.1) is 49.5 Å². The molecule has 7 heteroatoms. The van der Waals surface area contributed by atoms with Gasteiger partial charge in [-0.15, -0.1) is 0 Å². The van der Waals surface area contributed by atoms with E-state index in [-0.39, 0.29) is 16.2 Å². The normalized spacial score (nSPS) is 12.3. The van der Waals surface area contributed by atoms with E-state index in [0.717, 1.165) is 75.6 Å². The Bertz CT molecular complexity index is 3970. The minimum absolute atomic E-state index is 0.00575. The van der Waals surface area contributed by atoms with E-state index < -0.39 is 0 Å². The summed E-state index contributed by atoms with van der Waals surface area (Å²) in [5.74, 6) is 0. The van der Waals surface area contributed by atoms with Crippen molar-refractivity contribution in [1.82, 2.24) is 9.13 Å². The summed E-state index contributed by atoms with van der Waals surface area (Å²) < 4.78 is 5.67. The zero-order valence-electron chi connectivity index (χ0n) is 43.4. The zero-order chi connectivity index (χ0) is 51.8. The van der Waals surface area contributed by atoms with Gasteiger partial charge in [-0.3, -0.25) is 0 Å². The van der Waals surface area contributed by atoms with Crippen LogP contribution in [0.15, 0.2) is 202 Å². The number of nitriles is 1. The molecule has 0 saturated carbocycles. The number of halogens is 2. The van der Waals surface area contributed by atoms with Crippen molar-refractivity contribution in [3.8, 4) is 28.6 Å². The summed E-state index contributed by atoms with van der Waals surface area (Å²) in [6.45, 7) is 20.4. The molecule has 2 aromatic heterocycles. The maximum atomic E-state index is 9.94. The van der Waals surface area contributed by atoms with E-state index in [2.05, 4.69) is 274 Å². The van der Waals surface area contributed by atoms with Crippen LogP contribution in [0.5, 0.6) is 0 Å². The first kappa shape index (κ1) is 49.2. The van der Waals surface area contributed by atoms with E-state index in [1.807, 2.05) is 12.1 Å². The number of rotatable bonds is 8. The summed E-state index contributed by atoms with van der Waals surface area (Å²) in [5, 5.41) is 15.3. The molecule has 0 aliphatic rings. The standard InChI is InChI=1S/C67H58BrClN4S/c1-65(2,3)44-26-30-59-54(34-44)53-33-42(41-70)25-29-58(53)72(59)50-21-16-22-51(40-50)74-63-38-47(69)37-62(64(63)68)73(57-24-14-13-23-52(57)43-17-11-10-12-18-43)49-20-15-19-48(39-49)71-60-31-27-45(66(4,5)6)35-55(60)56-36-46(67(7,8)9)28-32-61(56)71/h10-40H,1-9H3. The van der Waals surface area contributed by atoms with Crippen molar-refractivity contribution in [2.45, 2.75) is 88.3 Å². The summed E-state index contributed by atoms with van der Waals surface area (Å²) in [4.78, 5) is 4.39. The minimum atomic E-state index is -0.0307. The molecule has 0 fully saturated rings. The van der Waals surface area contributed by atoms with Gasteiger partial charge in [-0.05, 0) is 164 Å². The third-order valence-electron chi connectivity index (χ3n) is 14.4. The molecule has 2 heterocycles. The van der Waals surface area contributed by atoms with Crippen LogP contribution in [0.25, 0.3) is 66.1 Å². The predicted octanol–water partition coefficient (Wildman–Crippen LogP) is 20.3. The van der Waals surface area contributed by atoms with Gasteiger partial charge in [0.25, 0.3) is 0 Å². The molecule has 0 bridgehead atoms. The molecule has 366 valence electrons. The molecular formula is C67H58BrClN4S. The maximum absolute atomic E-state index is 9.94. The molecule has 11 rings (SSSR count). The lowest BCUT2D eigenvalue weighted by Gasteiger charge is -2.30. The van der Waals surface area contributed by atoms with Crippen LogP contribution in [0.2, 0.25) is 5.02 Å². The second kappa shape index (κ2) is 18.7. The van der Waals surface area contributed by atoms with Gasteiger partial charge in [-0.2, -0.15) is 5.26 Å². The smallest absolute Gasteiger partial charge is 0.0991 e. The van der Waals surface area contributed by atoms with Crippen molar-refractivity contribution >= 4 is 100.0 Å². The molecule has 11 aromatic rings. The van der Waals surface area contributed by atoms with Crippen LogP contribution in [-0.4, -0.2) is 9.13 Å². The van der Waals surface area contributed by atoms with Gasteiger partial charge < -0.3 is 14.0 Å². The molecule has 9 aromatic carbocycles. The largest absolute Gasteiger partial charge is 0.309 e. The van der Waals surface area contributed by atoms with Gasteiger partial charge in [0.1, 0.15) is 0 Å². The number of anilines is 3. The van der Waals surface area contributed by atoms with E-state index in [1.165, 1.54) is 38.5 Å². The van der Waals surface area contributed by atoms with Crippen molar-refractivity contribution in [3.63, 3.8) is 0 Å². The minimum Gasteiger partial charge on any atom is -0.309 e. The van der Waals surface area contributed by atoms with Crippen LogP contribution in [0.4, 0.5) is 17.1 Å². The Morgan fingerprint density at radius 3 is 1.54 bits per heavy atom. The van der Waals surface area contributed by atoms with Crippen LogP contribution in [0.1, 0.15) is 84.6 Å². The average Bonchev–Trinajstić information content (AvgIpc) is 3.90. The lowest BCUT2D eigenvalue weighted by atomic mass is 9.85. The fourth-order valence-corrected chi connectivity index (χ4v) is 12.3.